The summed E-state index contributed by atoms with van der Waals surface area (Å²) in [6, 6.07) is 7.63. The summed E-state index contributed by atoms with van der Waals surface area (Å²) in [4.78, 5) is 2.11. The monoisotopic (exact) mass is 251 g/mol. The van der Waals surface area contributed by atoms with Crippen LogP contribution in [0.25, 0.3) is 0 Å². The van der Waals surface area contributed by atoms with Crippen molar-refractivity contribution in [3.63, 3.8) is 0 Å². The van der Waals surface area contributed by atoms with Crippen LogP contribution in [-0.2, 0) is 9.47 Å². The molecule has 0 aliphatic rings. The molecule has 0 aliphatic heterocycles. The highest BCUT2D eigenvalue weighted by Gasteiger charge is 2.12. The summed E-state index contributed by atoms with van der Waals surface area (Å²) in [7, 11) is 3.34. The van der Waals surface area contributed by atoms with Crippen LogP contribution >= 0.6 is 0 Å². The number of hydrogen-bond acceptors (Lipinski definition) is 4. The number of para-hydroxylation sites is 1. The smallest absolute Gasteiger partial charge is 0.124 e. The summed E-state index contributed by atoms with van der Waals surface area (Å²) in [5.74, 6) is 0.0745. The predicted octanol–water partition coefficient (Wildman–Crippen LogP) is 1.07. The van der Waals surface area contributed by atoms with Gasteiger partial charge in [0.15, 0.2) is 0 Å². The van der Waals surface area contributed by atoms with Crippen LogP contribution in [0.1, 0.15) is 5.56 Å². The normalized spacial score (nSPS) is 10.3. The zero-order valence-electron chi connectivity index (χ0n) is 11.0. The van der Waals surface area contributed by atoms with E-state index >= 15 is 0 Å². The number of ether oxygens (including phenoxy) is 2. The second-order valence-corrected chi connectivity index (χ2v) is 3.90. The first-order valence-electron chi connectivity index (χ1n) is 5.87. The Kier molecular flexibility index (Phi) is 6.18. The van der Waals surface area contributed by atoms with Crippen molar-refractivity contribution in [3.8, 4) is 0 Å². The molecule has 3 N–H and O–H groups in total. The van der Waals surface area contributed by atoms with Gasteiger partial charge in [0.25, 0.3) is 0 Å². The van der Waals surface area contributed by atoms with Crippen LogP contribution in [0.3, 0.4) is 0 Å². The lowest BCUT2D eigenvalue weighted by atomic mass is 10.1. The van der Waals surface area contributed by atoms with Crippen LogP contribution in [0.4, 0.5) is 5.69 Å². The zero-order chi connectivity index (χ0) is 13.4. The number of rotatable bonds is 8. The van der Waals surface area contributed by atoms with E-state index in [4.69, 9.17) is 20.6 Å². The maximum Gasteiger partial charge on any atom is 0.124 e. The average molecular weight is 251 g/mol. The van der Waals surface area contributed by atoms with Gasteiger partial charge in [-0.15, -0.1) is 0 Å². The highest BCUT2D eigenvalue weighted by atomic mass is 16.5. The van der Waals surface area contributed by atoms with Crippen molar-refractivity contribution >= 4 is 11.5 Å². The molecule has 0 aliphatic carbocycles. The first kappa shape index (κ1) is 14.5. The highest BCUT2D eigenvalue weighted by molar-refractivity contribution is 6.00. The Bertz CT molecular complexity index is 374. The number of nitrogens with two attached hydrogens (primary N) is 1. The van der Waals surface area contributed by atoms with Gasteiger partial charge in [-0.3, -0.25) is 5.41 Å². The number of methoxy groups -OCH3 is 2. The molecule has 0 amide bonds. The van der Waals surface area contributed by atoms with E-state index in [1.165, 1.54) is 0 Å². The van der Waals surface area contributed by atoms with Crippen LogP contribution in [0.15, 0.2) is 24.3 Å². The molecule has 0 saturated carbocycles. The van der Waals surface area contributed by atoms with Crippen molar-refractivity contribution in [1.29, 1.82) is 5.41 Å². The summed E-state index contributed by atoms with van der Waals surface area (Å²) in [6.07, 6.45) is 0. The van der Waals surface area contributed by atoms with Crippen molar-refractivity contribution in [2.45, 2.75) is 0 Å². The van der Waals surface area contributed by atoms with E-state index < -0.39 is 0 Å². The topological polar surface area (TPSA) is 71.6 Å². The second-order valence-electron chi connectivity index (χ2n) is 3.90. The number of nitrogens with zero attached hydrogens (tertiary/aromatic N) is 1. The van der Waals surface area contributed by atoms with Gasteiger partial charge in [0, 0.05) is 38.6 Å². The average Bonchev–Trinajstić information content (AvgIpc) is 2.39. The fourth-order valence-electron chi connectivity index (χ4n) is 1.73. The number of anilines is 1. The van der Waals surface area contributed by atoms with Crippen molar-refractivity contribution in [2.24, 2.45) is 5.73 Å². The van der Waals surface area contributed by atoms with Gasteiger partial charge in [0.2, 0.25) is 0 Å². The first-order valence-corrected chi connectivity index (χ1v) is 5.87. The molecule has 5 nitrogen and oxygen atoms in total. The van der Waals surface area contributed by atoms with Crippen molar-refractivity contribution < 1.29 is 9.47 Å². The van der Waals surface area contributed by atoms with Crippen LogP contribution in [0.5, 0.6) is 0 Å². The molecule has 1 aromatic rings. The van der Waals surface area contributed by atoms with Crippen LogP contribution in [-0.4, -0.2) is 46.4 Å². The SMILES string of the molecule is COCCN(CCOC)c1ccccc1C(=N)N. The molecule has 1 aromatic carbocycles. The summed E-state index contributed by atoms with van der Waals surface area (Å²) in [6.45, 7) is 2.72. The van der Waals surface area contributed by atoms with Crippen molar-refractivity contribution in [1.82, 2.24) is 0 Å². The summed E-state index contributed by atoms with van der Waals surface area (Å²) >= 11 is 0. The maximum atomic E-state index is 7.61. The predicted molar refractivity (Wildman–Crippen MR) is 73.4 cm³/mol. The summed E-state index contributed by atoms with van der Waals surface area (Å²) in [5.41, 5.74) is 7.29. The highest BCUT2D eigenvalue weighted by Crippen LogP contribution is 2.19. The summed E-state index contributed by atoms with van der Waals surface area (Å²) in [5, 5.41) is 7.61. The van der Waals surface area contributed by atoms with Crippen LogP contribution in [0, 0.1) is 5.41 Å². The van der Waals surface area contributed by atoms with Crippen molar-refractivity contribution in [2.75, 3.05) is 45.4 Å². The van der Waals surface area contributed by atoms with E-state index in [0.29, 0.717) is 13.2 Å². The lowest BCUT2D eigenvalue weighted by Gasteiger charge is -2.26. The molecule has 0 spiro atoms. The largest absolute Gasteiger partial charge is 0.384 e. The molecule has 0 fully saturated rings. The third-order valence-electron chi connectivity index (χ3n) is 2.67. The minimum Gasteiger partial charge on any atom is -0.384 e. The minimum atomic E-state index is 0.0745. The molecule has 0 bridgehead atoms. The zero-order valence-corrected chi connectivity index (χ0v) is 11.0. The van der Waals surface area contributed by atoms with E-state index in [-0.39, 0.29) is 5.84 Å². The lowest BCUT2D eigenvalue weighted by molar-refractivity contribution is 0.190. The molecule has 0 unspecified atom stereocenters. The third kappa shape index (κ3) is 4.01. The van der Waals surface area contributed by atoms with E-state index in [2.05, 4.69) is 4.90 Å². The van der Waals surface area contributed by atoms with Gasteiger partial charge in [-0.1, -0.05) is 12.1 Å². The van der Waals surface area contributed by atoms with E-state index in [1.807, 2.05) is 24.3 Å². The third-order valence-corrected chi connectivity index (χ3v) is 2.67. The number of amidine groups is 1. The summed E-state index contributed by atoms with van der Waals surface area (Å²) < 4.78 is 10.2. The van der Waals surface area contributed by atoms with Gasteiger partial charge in [-0.25, -0.2) is 0 Å². The van der Waals surface area contributed by atoms with Gasteiger partial charge in [-0.2, -0.15) is 0 Å². The van der Waals surface area contributed by atoms with Crippen molar-refractivity contribution in [3.05, 3.63) is 29.8 Å². The maximum absolute atomic E-state index is 7.61. The fraction of sp³-hybridized carbons (Fsp3) is 0.462. The molecule has 0 heterocycles. The van der Waals surface area contributed by atoms with Gasteiger partial charge >= 0.3 is 0 Å². The Balaban J connectivity index is 2.92. The number of hydrogen-bond donors (Lipinski definition) is 2. The first-order chi connectivity index (χ1) is 8.70. The second kappa shape index (κ2) is 7.68. The molecule has 100 valence electrons. The Labute approximate surface area is 108 Å². The molecular formula is C13H21N3O2. The van der Waals surface area contributed by atoms with Crippen LogP contribution in [0.2, 0.25) is 0 Å². The van der Waals surface area contributed by atoms with Crippen LogP contribution < -0.4 is 10.6 Å². The minimum absolute atomic E-state index is 0.0745. The molecule has 1 rings (SSSR count). The molecule has 18 heavy (non-hydrogen) atoms. The Hall–Kier alpha value is -1.59. The Morgan fingerprint density at radius 1 is 1.17 bits per heavy atom. The molecule has 0 saturated heterocycles. The Morgan fingerprint density at radius 2 is 1.72 bits per heavy atom. The fourth-order valence-corrected chi connectivity index (χ4v) is 1.73. The number of nitrogen functional groups attached to an aromatic ring is 1. The van der Waals surface area contributed by atoms with E-state index in [9.17, 15) is 0 Å². The molecule has 0 atom stereocenters. The molecule has 5 heteroatoms. The Morgan fingerprint density at radius 3 is 2.22 bits per heavy atom. The molecular weight excluding hydrogens is 230 g/mol. The lowest BCUT2D eigenvalue weighted by Crippen LogP contribution is -2.32. The standard InChI is InChI=1S/C13H21N3O2/c1-17-9-7-16(8-10-18-2)12-6-4-3-5-11(12)13(14)15/h3-6H,7-10H2,1-2H3,(H3,14,15). The number of nitrogens with one attached hydrogen (secondary N) is 1. The molecule has 0 radical (unpaired) electrons. The van der Waals surface area contributed by atoms with Gasteiger partial charge in [0.05, 0.1) is 13.2 Å². The number of benzene rings is 1. The van der Waals surface area contributed by atoms with Gasteiger partial charge < -0.3 is 20.1 Å². The molecule has 0 aromatic heterocycles. The van der Waals surface area contributed by atoms with E-state index in [1.54, 1.807) is 14.2 Å². The van der Waals surface area contributed by atoms with E-state index in [0.717, 1.165) is 24.3 Å². The van der Waals surface area contributed by atoms with Gasteiger partial charge in [0.1, 0.15) is 5.84 Å². The van der Waals surface area contributed by atoms with Gasteiger partial charge in [-0.05, 0) is 12.1 Å². The quantitative estimate of drug-likeness (QED) is 0.535.